The molecule has 2 saturated carbocycles. The van der Waals surface area contributed by atoms with Gasteiger partial charge in [-0.05, 0) is 42.6 Å². The number of unbranched alkanes of at least 4 members (excludes halogenated alkanes) is 3. The van der Waals surface area contributed by atoms with E-state index in [0.717, 1.165) is 24.3 Å². The summed E-state index contributed by atoms with van der Waals surface area (Å²) < 4.78 is 0. The molecule has 0 aromatic heterocycles. The number of aliphatic hydroxyl groups is 1. The SMILES string of the molecule is C=C1C[C@H]2[C@H](CCC(C)CCCCCC)[C@H](O)C[C@@H]2C1=O. The Hall–Kier alpha value is -0.630. The van der Waals surface area contributed by atoms with E-state index in [0.29, 0.717) is 18.3 Å². The Bertz CT molecular complexity index is 374. The second-order valence-electron chi connectivity index (χ2n) is 7.44. The lowest BCUT2D eigenvalue weighted by Gasteiger charge is -2.22. The molecule has 2 aliphatic rings. The highest BCUT2D eigenvalue weighted by atomic mass is 16.3. The van der Waals surface area contributed by atoms with E-state index in [9.17, 15) is 9.90 Å². The van der Waals surface area contributed by atoms with Crippen LogP contribution in [-0.2, 0) is 4.79 Å². The van der Waals surface area contributed by atoms with Gasteiger partial charge in [0, 0.05) is 5.92 Å². The molecule has 2 heteroatoms. The third kappa shape index (κ3) is 3.97. The van der Waals surface area contributed by atoms with E-state index in [1.807, 2.05) is 0 Å². The van der Waals surface area contributed by atoms with Crippen molar-refractivity contribution in [2.24, 2.45) is 23.7 Å². The van der Waals surface area contributed by atoms with E-state index in [1.165, 1.54) is 38.5 Å². The van der Waals surface area contributed by atoms with Gasteiger partial charge in [-0.1, -0.05) is 59.0 Å². The summed E-state index contributed by atoms with van der Waals surface area (Å²) >= 11 is 0. The summed E-state index contributed by atoms with van der Waals surface area (Å²) in [6.07, 6.45) is 10.2. The van der Waals surface area contributed by atoms with Gasteiger partial charge in [0.15, 0.2) is 5.78 Å². The minimum atomic E-state index is -0.260. The Morgan fingerprint density at radius 2 is 2.05 bits per heavy atom. The lowest BCUT2D eigenvalue weighted by atomic mass is 9.84. The number of carbonyl (C=O) groups is 1. The normalized spacial score (nSPS) is 33.5. The Morgan fingerprint density at radius 1 is 1.29 bits per heavy atom. The number of hydrogen-bond acceptors (Lipinski definition) is 2. The Kier molecular flexibility index (Phi) is 6.04. The third-order valence-corrected chi connectivity index (χ3v) is 5.77. The summed E-state index contributed by atoms with van der Waals surface area (Å²) in [6.45, 7) is 8.48. The van der Waals surface area contributed by atoms with Crippen LogP contribution in [0.5, 0.6) is 0 Å². The molecule has 1 N–H and O–H groups in total. The smallest absolute Gasteiger partial charge is 0.161 e. The highest BCUT2D eigenvalue weighted by Crippen LogP contribution is 2.49. The molecule has 2 aliphatic carbocycles. The molecule has 0 spiro atoms. The van der Waals surface area contributed by atoms with Crippen molar-refractivity contribution < 1.29 is 9.90 Å². The lowest BCUT2D eigenvalue weighted by molar-refractivity contribution is -0.118. The maximum Gasteiger partial charge on any atom is 0.161 e. The second-order valence-corrected chi connectivity index (χ2v) is 7.44. The first-order chi connectivity index (χ1) is 10.0. The minimum Gasteiger partial charge on any atom is -0.393 e. The Morgan fingerprint density at radius 3 is 2.76 bits per heavy atom. The van der Waals surface area contributed by atoms with Crippen molar-refractivity contribution in [3.05, 3.63) is 12.2 Å². The van der Waals surface area contributed by atoms with Gasteiger partial charge in [-0.15, -0.1) is 0 Å². The van der Waals surface area contributed by atoms with Crippen molar-refractivity contribution in [3.8, 4) is 0 Å². The van der Waals surface area contributed by atoms with Gasteiger partial charge in [-0.3, -0.25) is 4.79 Å². The fourth-order valence-corrected chi connectivity index (χ4v) is 4.38. The molecule has 0 heterocycles. The van der Waals surface area contributed by atoms with Crippen LogP contribution in [0.3, 0.4) is 0 Å². The molecule has 0 bridgehead atoms. The molecule has 0 radical (unpaired) electrons. The number of carbonyl (C=O) groups excluding carboxylic acids is 1. The predicted molar refractivity (Wildman–Crippen MR) is 87.0 cm³/mol. The number of ketones is 1. The zero-order valence-corrected chi connectivity index (χ0v) is 13.8. The molecule has 1 unspecified atom stereocenters. The largest absolute Gasteiger partial charge is 0.393 e. The second kappa shape index (κ2) is 7.58. The van der Waals surface area contributed by atoms with E-state index in [-0.39, 0.29) is 17.8 Å². The molecular formula is C19H32O2. The Labute approximate surface area is 130 Å². The van der Waals surface area contributed by atoms with E-state index >= 15 is 0 Å². The van der Waals surface area contributed by atoms with Crippen LogP contribution in [-0.4, -0.2) is 17.0 Å². The average Bonchev–Trinajstić information content (AvgIpc) is 2.90. The molecule has 5 atom stereocenters. The van der Waals surface area contributed by atoms with Gasteiger partial charge < -0.3 is 5.11 Å². The highest BCUT2D eigenvalue weighted by Gasteiger charge is 2.49. The zero-order chi connectivity index (χ0) is 15.4. The van der Waals surface area contributed by atoms with E-state index in [2.05, 4.69) is 20.4 Å². The summed E-state index contributed by atoms with van der Waals surface area (Å²) in [5, 5.41) is 10.3. The van der Waals surface area contributed by atoms with Gasteiger partial charge in [-0.25, -0.2) is 0 Å². The van der Waals surface area contributed by atoms with Gasteiger partial charge in [-0.2, -0.15) is 0 Å². The van der Waals surface area contributed by atoms with Gasteiger partial charge in [0.2, 0.25) is 0 Å². The number of aliphatic hydroxyl groups excluding tert-OH is 1. The Balaban J connectivity index is 1.75. The fourth-order valence-electron chi connectivity index (χ4n) is 4.38. The van der Waals surface area contributed by atoms with Gasteiger partial charge in [0.05, 0.1) is 6.10 Å². The average molecular weight is 292 g/mol. The van der Waals surface area contributed by atoms with Gasteiger partial charge in [0.1, 0.15) is 0 Å². The van der Waals surface area contributed by atoms with Crippen molar-refractivity contribution in [1.82, 2.24) is 0 Å². The monoisotopic (exact) mass is 292 g/mol. The number of Topliss-reactive ketones (excluding diaryl/α,β-unsaturated/α-hetero) is 1. The van der Waals surface area contributed by atoms with Crippen molar-refractivity contribution in [2.45, 2.75) is 77.7 Å². The summed E-state index contributed by atoms with van der Waals surface area (Å²) in [7, 11) is 0. The quantitative estimate of drug-likeness (QED) is 0.527. The molecule has 2 rings (SSSR count). The van der Waals surface area contributed by atoms with Crippen molar-refractivity contribution >= 4 is 5.78 Å². The number of fused-ring (bicyclic) bond motifs is 1. The van der Waals surface area contributed by atoms with Crippen LogP contribution in [0.15, 0.2) is 12.2 Å². The lowest BCUT2D eigenvalue weighted by Crippen LogP contribution is -2.20. The van der Waals surface area contributed by atoms with Crippen LogP contribution in [0.2, 0.25) is 0 Å². The summed E-state index contributed by atoms with van der Waals surface area (Å²) in [5.74, 6) is 1.77. The van der Waals surface area contributed by atoms with Gasteiger partial charge >= 0.3 is 0 Å². The molecule has 21 heavy (non-hydrogen) atoms. The summed E-state index contributed by atoms with van der Waals surface area (Å²) in [5.41, 5.74) is 0.800. The van der Waals surface area contributed by atoms with Crippen molar-refractivity contribution in [3.63, 3.8) is 0 Å². The molecule has 0 saturated heterocycles. The molecule has 0 aromatic carbocycles. The van der Waals surface area contributed by atoms with E-state index in [4.69, 9.17) is 0 Å². The van der Waals surface area contributed by atoms with Crippen molar-refractivity contribution in [1.29, 1.82) is 0 Å². The first-order valence-electron chi connectivity index (χ1n) is 8.94. The fraction of sp³-hybridized carbons (Fsp3) is 0.842. The molecule has 2 fully saturated rings. The molecular weight excluding hydrogens is 260 g/mol. The summed E-state index contributed by atoms with van der Waals surface area (Å²) in [4.78, 5) is 12.0. The topological polar surface area (TPSA) is 37.3 Å². The standard InChI is InChI=1S/C19H32O2/c1-4-5-6-7-8-13(2)9-10-15-16-11-14(3)19(21)17(16)12-18(15)20/h13,15-18,20H,3-12H2,1-2H3/t13?,15-,16-,17-,18+/m0/s1. The number of rotatable bonds is 8. The number of allylic oxidation sites excluding steroid dienone is 1. The first-order valence-corrected chi connectivity index (χ1v) is 8.94. The van der Waals surface area contributed by atoms with E-state index < -0.39 is 0 Å². The van der Waals surface area contributed by atoms with Crippen LogP contribution in [0.1, 0.15) is 71.6 Å². The third-order valence-electron chi connectivity index (χ3n) is 5.77. The maximum atomic E-state index is 12.0. The molecule has 0 amide bonds. The summed E-state index contributed by atoms with van der Waals surface area (Å²) in [6, 6.07) is 0. The first kappa shape index (κ1) is 16.7. The zero-order valence-electron chi connectivity index (χ0n) is 13.8. The molecule has 0 aliphatic heterocycles. The van der Waals surface area contributed by atoms with Crippen LogP contribution in [0, 0.1) is 23.7 Å². The van der Waals surface area contributed by atoms with Crippen LogP contribution >= 0.6 is 0 Å². The molecule has 120 valence electrons. The van der Waals surface area contributed by atoms with E-state index in [1.54, 1.807) is 0 Å². The maximum absolute atomic E-state index is 12.0. The highest BCUT2D eigenvalue weighted by molar-refractivity contribution is 5.99. The van der Waals surface area contributed by atoms with Crippen LogP contribution in [0.4, 0.5) is 0 Å². The predicted octanol–water partition coefficient (Wildman–Crippen LogP) is 4.52. The van der Waals surface area contributed by atoms with Gasteiger partial charge in [0.25, 0.3) is 0 Å². The molecule has 2 nitrogen and oxygen atoms in total. The number of hydrogen-bond donors (Lipinski definition) is 1. The minimum absolute atomic E-state index is 0.0809. The van der Waals surface area contributed by atoms with Crippen molar-refractivity contribution in [2.75, 3.05) is 0 Å². The van der Waals surface area contributed by atoms with Crippen LogP contribution < -0.4 is 0 Å². The molecule has 0 aromatic rings. The van der Waals surface area contributed by atoms with Crippen LogP contribution in [0.25, 0.3) is 0 Å².